The van der Waals surface area contributed by atoms with Gasteiger partial charge >= 0.3 is 23.0 Å². The summed E-state index contributed by atoms with van der Waals surface area (Å²) >= 11 is 0. The molecule has 0 saturated heterocycles. The third kappa shape index (κ3) is 4.31. The number of hydroxylamine groups is 2. The summed E-state index contributed by atoms with van der Waals surface area (Å²) in [6.07, 6.45) is 0. The standard InChI is InChI=1S/C10H12N12O8/c1-9(2,21(25)26)19(23)13-7-5(15-29-17-7)11-12-6-8(18-30-16-6)14-20(24)10(3,4)22(27)28/h1-4H3. The Labute approximate surface area is 164 Å². The molecular weight excluding hydrogens is 416 g/mol. The zero-order valence-electron chi connectivity index (χ0n) is 15.6. The number of hydrogen-bond donors (Lipinski definition) is 0. The maximum absolute atomic E-state index is 11.9. The average molecular weight is 428 g/mol. The number of nitro groups is 2. The van der Waals surface area contributed by atoms with E-state index in [1.807, 2.05) is 0 Å². The van der Waals surface area contributed by atoms with E-state index >= 15 is 0 Å². The van der Waals surface area contributed by atoms with Crippen molar-refractivity contribution in [2.24, 2.45) is 20.5 Å². The van der Waals surface area contributed by atoms with E-state index in [0.717, 1.165) is 27.7 Å². The summed E-state index contributed by atoms with van der Waals surface area (Å²) in [5.41, 5.74) is -4.26. The monoisotopic (exact) mass is 428 g/mol. The van der Waals surface area contributed by atoms with Crippen molar-refractivity contribution in [2.75, 3.05) is 0 Å². The second kappa shape index (κ2) is 7.84. The highest BCUT2D eigenvalue weighted by Crippen LogP contribution is 2.29. The van der Waals surface area contributed by atoms with E-state index in [1.54, 1.807) is 0 Å². The van der Waals surface area contributed by atoms with E-state index in [4.69, 9.17) is 0 Å². The molecule has 0 saturated carbocycles. The SMILES string of the molecule is CC(C)([N+](=O)[O-])[N+]([O-])=Nc1nonc1N=Nc1nonc1N=[N+]([O-])C(C)(C)[N+](=O)[O-]. The highest BCUT2D eigenvalue weighted by molar-refractivity contribution is 5.50. The lowest BCUT2D eigenvalue weighted by Crippen LogP contribution is -2.40. The summed E-state index contributed by atoms with van der Waals surface area (Å²) < 4.78 is 8.71. The number of hydrogen-bond acceptors (Lipinski definition) is 16. The second-order valence-electron chi connectivity index (χ2n) is 6.27. The second-order valence-corrected chi connectivity index (χ2v) is 6.27. The molecule has 0 aromatic carbocycles. The van der Waals surface area contributed by atoms with Crippen molar-refractivity contribution in [2.45, 2.75) is 39.0 Å². The molecule has 0 spiro atoms. The summed E-state index contributed by atoms with van der Waals surface area (Å²) in [7, 11) is 0. The summed E-state index contributed by atoms with van der Waals surface area (Å²) in [5.74, 6) is -2.10. The molecule has 20 heteroatoms. The first-order valence-corrected chi connectivity index (χ1v) is 7.61. The molecule has 0 aliphatic carbocycles. The molecule has 0 aliphatic heterocycles. The van der Waals surface area contributed by atoms with Gasteiger partial charge in [0.25, 0.3) is 11.6 Å². The lowest BCUT2D eigenvalue weighted by Gasteiger charge is -2.11. The van der Waals surface area contributed by atoms with Crippen LogP contribution in [0.2, 0.25) is 0 Å². The van der Waals surface area contributed by atoms with Crippen LogP contribution >= 0.6 is 0 Å². The summed E-state index contributed by atoms with van der Waals surface area (Å²) in [4.78, 5) is 19.5. The Bertz CT molecular complexity index is 967. The largest absolute Gasteiger partial charge is 0.594 e. The van der Waals surface area contributed by atoms with Crippen molar-refractivity contribution in [3.05, 3.63) is 30.6 Å². The van der Waals surface area contributed by atoms with Crippen LogP contribution in [0.15, 0.2) is 29.7 Å². The molecule has 0 N–H and O–H groups in total. The molecule has 20 nitrogen and oxygen atoms in total. The first-order chi connectivity index (χ1) is 13.9. The van der Waals surface area contributed by atoms with E-state index in [2.05, 4.69) is 50.3 Å². The van der Waals surface area contributed by atoms with Crippen molar-refractivity contribution in [1.82, 2.24) is 20.6 Å². The van der Waals surface area contributed by atoms with Gasteiger partial charge < -0.3 is 10.4 Å². The highest BCUT2D eigenvalue weighted by atomic mass is 16.7. The minimum absolute atomic E-state index is 0.251. The van der Waals surface area contributed by atoms with E-state index in [1.165, 1.54) is 0 Å². The summed E-state index contributed by atoms with van der Waals surface area (Å²) in [6.45, 7) is 3.98. The number of aromatic nitrogens is 4. The molecular formula is C10H12N12O8. The zero-order chi connectivity index (χ0) is 22.7. The van der Waals surface area contributed by atoms with Crippen LogP contribution in [0.25, 0.3) is 0 Å². The van der Waals surface area contributed by atoms with Gasteiger partial charge in [-0.2, -0.15) is 0 Å². The first kappa shape index (κ1) is 21.8. The quantitative estimate of drug-likeness (QED) is 0.192. The summed E-state index contributed by atoms with van der Waals surface area (Å²) in [5, 5.41) is 72.3. The Morgan fingerprint density at radius 3 is 1.27 bits per heavy atom. The number of nitrogens with zero attached hydrogens (tertiary/aromatic N) is 12. The van der Waals surface area contributed by atoms with Crippen LogP contribution in [0, 0.1) is 30.6 Å². The van der Waals surface area contributed by atoms with Gasteiger partial charge in [0.1, 0.15) is 0 Å². The molecule has 2 rings (SSSR count). The maximum Gasteiger partial charge on any atom is 0.433 e. The van der Waals surface area contributed by atoms with Gasteiger partial charge in [0.05, 0.1) is 37.5 Å². The van der Waals surface area contributed by atoms with Crippen LogP contribution < -0.4 is 0 Å². The lowest BCUT2D eigenvalue weighted by molar-refractivity contribution is -0.804. The van der Waals surface area contributed by atoms with Crippen LogP contribution in [0.4, 0.5) is 23.3 Å². The predicted octanol–water partition coefficient (Wildman–Crippen LogP) is 2.08. The molecule has 0 atom stereocenters. The normalized spacial score (nSPS) is 13.7. The molecule has 2 aromatic heterocycles. The van der Waals surface area contributed by atoms with Gasteiger partial charge in [0.15, 0.2) is 0 Å². The van der Waals surface area contributed by atoms with Crippen LogP contribution in [-0.4, -0.2) is 51.5 Å². The third-order valence-electron chi connectivity index (χ3n) is 3.35. The minimum atomic E-state index is -2.13. The van der Waals surface area contributed by atoms with Gasteiger partial charge in [-0.1, -0.05) is 0 Å². The van der Waals surface area contributed by atoms with Gasteiger partial charge in [-0.05, 0) is 30.3 Å². The van der Waals surface area contributed by atoms with Crippen LogP contribution in [0.5, 0.6) is 0 Å². The topological polar surface area (TPSA) is 266 Å². The van der Waals surface area contributed by atoms with Gasteiger partial charge in [-0.3, -0.25) is 20.2 Å². The van der Waals surface area contributed by atoms with Crippen LogP contribution in [-0.2, 0) is 0 Å². The van der Waals surface area contributed by atoms with Gasteiger partial charge in [-0.25, -0.2) is 9.26 Å². The van der Waals surface area contributed by atoms with Gasteiger partial charge in [0, 0.05) is 10.2 Å². The van der Waals surface area contributed by atoms with E-state index in [0.29, 0.717) is 0 Å². The molecule has 2 aromatic rings. The average Bonchev–Trinajstić information content (AvgIpc) is 3.28. The zero-order valence-corrected chi connectivity index (χ0v) is 15.6. The molecule has 0 amide bonds. The van der Waals surface area contributed by atoms with Crippen LogP contribution in [0.3, 0.4) is 0 Å². The third-order valence-corrected chi connectivity index (χ3v) is 3.35. The van der Waals surface area contributed by atoms with Gasteiger partial charge in [0.2, 0.25) is 0 Å². The fraction of sp³-hybridized carbons (Fsp3) is 0.600. The Kier molecular flexibility index (Phi) is 5.69. The fourth-order valence-corrected chi connectivity index (χ4v) is 1.26. The first-order valence-electron chi connectivity index (χ1n) is 7.61. The molecule has 0 radical (unpaired) electrons. The number of azo groups is 3. The maximum atomic E-state index is 11.9. The molecule has 0 unspecified atom stereocenters. The Hall–Kier alpha value is -4.52. The molecule has 160 valence electrons. The highest BCUT2D eigenvalue weighted by Gasteiger charge is 2.43. The minimum Gasteiger partial charge on any atom is -0.594 e. The Balaban J connectivity index is 2.33. The molecule has 0 bridgehead atoms. The van der Waals surface area contributed by atoms with Crippen molar-refractivity contribution in [1.29, 1.82) is 0 Å². The van der Waals surface area contributed by atoms with Crippen LogP contribution in [0.1, 0.15) is 27.7 Å². The molecule has 0 fully saturated rings. The van der Waals surface area contributed by atoms with Crippen molar-refractivity contribution >= 4 is 23.3 Å². The van der Waals surface area contributed by atoms with Crippen molar-refractivity contribution in [3.8, 4) is 0 Å². The van der Waals surface area contributed by atoms with Crippen molar-refractivity contribution < 1.29 is 28.8 Å². The molecule has 0 aliphatic rings. The predicted molar refractivity (Wildman–Crippen MR) is 86.3 cm³/mol. The van der Waals surface area contributed by atoms with E-state index < -0.39 is 44.4 Å². The number of rotatable bonds is 8. The van der Waals surface area contributed by atoms with Gasteiger partial charge in [-0.15, -0.1) is 10.2 Å². The lowest BCUT2D eigenvalue weighted by atomic mass is 10.3. The molecule has 30 heavy (non-hydrogen) atoms. The van der Waals surface area contributed by atoms with E-state index in [9.17, 15) is 30.6 Å². The Morgan fingerprint density at radius 2 is 0.967 bits per heavy atom. The fourth-order valence-electron chi connectivity index (χ4n) is 1.26. The summed E-state index contributed by atoms with van der Waals surface area (Å²) in [6, 6.07) is 0. The van der Waals surface area contributed by atoms with Crippen molar-refractivity contribution in [3.63, 3.8) is 0 Å². The Morgan fingerprint density at radius 1 is 0.667 bits per heavy atom. The molecule has 2 heterocycles. The smallest absolute Gasteiger partial charge is 0.433 e. The van der Waals surface area contributed by atoms with E-state index in [-0.39, 0.29) is 9.72 Å².